The van der Waals surface area contributed by atoms with E-state index in [0.717, 1.165) is 0 Å². The van der Waals surface area contributed by atoms with Crippen LogP contribution in [0.15, 0.2) is 0 Å². The van der Waals surface area contributed by atoms with E-state index in [1.807, 2.05) is 0 Å². The molecule has 1 saturated heterocycles. The second kappa shape index (κ2) is 8.47. The highest BCUT2D eigenvalue weighted by Crippen LogP contribution is 2.28. The van der Waals surface area contributed by atoms with Crippen LogP contribution in [0.2, 0.25) is 0 Å². The van der Waals surface area contributed by atoms with Crippen molar-refractivity contribution >= 4 is 23.9 Å². The Bertz CT molecular complexity index is 473. The first-order valence-electron chi connectivity index (χ1n) is 6.99. The third-order valence-electron chi connectivity index (χ3n) is 2.85. The highest BCUT2D eigenvalue weighted by molar-refractivity contribution is 5.68. The van der Waals surface area contributed by atoms with Gasteiger partial charge >= 0.3 is 23.9 Å². The average molecular weight is 332 g/mol. The second-order valence-corrected chi connectivity index (χ2v) is 4.97. The van der Waals surface area contributed by atoms with E-state index in [9.17, 15) is 19.2 Å². The van der Waals surface area contributed by atoms with Gasteiger partial charge in [0, 0.05) is 27.7 Å². The molecular weight excluding hydrogens is 312 g/mol. The molecular formula is C14H20O9. The summed E-state index contributed by atoms with van der Waals surface area (Å²) in [6.45, 7) is 4.53. The quantitative estimate of drug-likeness (QED) is 0.493. The van der Waals surface area contributed by atoms with Crippen LogP contribution in [0, 0.1) is 0 Å². The third-order valence-corrected chi connectivity index (χ3v) is 2.85. The predicted molar refractivity (Wildman–Crippen MR) is 72.8 cm³/mol. The van der Waals surface area contributed by atoms with Crippen LogP contribution in [0.25, 0.3) is 0 Å². The van der Waals surface area contributed by atoms with Gasteiger partial charge < -0.3 is 23.7 Å². The topological polar surface area (TPSA) is 114 Å². The van der Waals surface area contributed by atoms with Crippen molar-refractivity contribution in [3.8, 4) is 0 Å². The molecule has 0 aliphatic carbocycles. The summed E-state index contributed by atoms with van der Waals surface area (Å²) in [6, 6.07) is 0. The summed E-state index contributed by atoms with van der Waals surface area (Å²) in [4.78, 5) is 44.4. The molecule has 1 heterocycles. The molecule has 0 aromatic carbocycles. The minimum absolute atomic E-state index is 0.0850. The molecule has 23 heavy (non-hydrogen) atoms. The van der Waals surface area contributed by atoms with Crippen molar-refractivity contribution < 1.29 is 42.9 Å². The lowest BCUT2D eigenvalue weighted by Crippen LogP contribution is -2.42. The molecule has 0 amide bonds. The van der Waals surface area contributed by atoms with Gasteiger partial charge in [-0.1, -0.05) is 0 Å². The molecule has 0 spiro atoms. The number of esters is 4. The fourth-order valence-corrected chi connectivity index (χ4v) is 2.17. The van der Waals surface area contributed by atoms with E-state index >= 15 is 0 Å². The Morgan fingerprint density at radius 1 is 0.957 bits per heavy atom. The van der Waals surface area contributed by atoms with Crippen molar-refractivity contribution in [1.29, 1.82) is 0 Å². The molecule has 130 valence electrons. The van der Waals surface area contributed by atoms with Gasteiger partial charge in [-0.05, 0) is 0 Å². The molecule has 0 bridgehead atoms. The number of carbonyl (C=O) groups is 4. The van der Waals surface area contributed by atoms with Gasteiger partial charge in [-0.25, -0.2) is 0 Å². The molecule has 0 aromatic heterocycles. The van der Waals surface area contributed by atoms with E-state index < -0.39 is 48.5 Å². The maximum Gasteiger partial charge on any atom is 0.304 e. The van der Waals surface area contributed by atoms with E-state index in [4.69, 9.17) is 23.7 Å². The minimum Gasteiger partial charge on any atom is -0.462 e. The summed E-state index contributed by atoms with van der Waals surface area (Å²) in [6.07, 6.45) is -3.59. The fraction of sp³-hybridized carbons (Fsp3) is 0.714. The summed E-state index contributed by atoms with van der Waals surface area (Å²) in [5.41, 5.74) is 0. The molecule has 4 atom stereocenters. The van der Waals surface area contributed by atoms with Crippen LogP contribution in [-0.2, 0) is 42.9 Å². The molecule has 0 radical (unpaired) electrons. The van der Waals surface area contributed by atoms with E-state index in [2.05, 4.69) is 0 Å². The second-order valence-electron chi connectivity index (χ2n) is 4.97. The van der Waals surface area contributed by atoms with Crippen LogP contribution >= 0.6 is 0 Å². The third kappa shape index (κ3) is 6.64. The normalized spacial score (nSPS) is 24.4. The molecule has 0 aromatic rings. The highest BCUT2D eigenvalue weighted by Gasteiger charge is 2.45. The lowest BCUT2D eigenvalue weighted by molar-refractivity contribution is -0.194. The molecule has 9 nitrogen and oxygen atoms in total. The molecule has 1 rings (SSSR count). The van der Waals surface area contributed by atoms with Crippen LogP contribution in [0.5, 0.6) is 0 Å². The van der Waals surface area contributed by atoms with E-state index in [1.54, 1.807) is 0 Å². The van der Waals surface area contributed by atoms with Crippen LogP contribution < -0.4 is 0 Å². The van der Waals surface area contributed by atoms with Gasteiger partial charge in [0.05, 0.1) is 6.42 Å². The van der Waals surface area contributed by atoms with Crippen molar-refractivity contribution in [3.05, 3.63) is 0 Å². The Labute approximate surface area is 133 Å². The highest BCUT2D eigenvalue weighted by atomic mass is 16.7. The van der Waals surface area contributed by atoms with Gasteiger partial charge in [-0.3, -0.25) is 19.2 Å². The van der Waals surface area contributed by atoms with Crippen LogP contribution in [-0.4, -0.2) is 55.1 Å². The number of ether oxygens (including phenoxy) is 5. The summed E-state index contributed by atoms with van der Waals surface area (Å²) in [7, 11) is 0. The molecule has 0 N–H and O–H groups in total. The lowest BCUT2D eigenvalue weighted by atomic mass is 10.1. The standard InChI is InChI=1S/C14H20O9/c1-7(15)19-6-12(21-9(3)17)14-11(20-8(2)16)5-13(23-14)22-10(4)18/h11-14H,5-6H2,1-4H3/t11-,12-,13-,14+/m1/s1. The summed E-state index contributed by atoms with van der Waals surface area (Å²) in [5, 5.41) is 0. The van der Waals surface area contributed by atoms with Gasteiger partial charge in [0.15, 0.2) is 6.10 Å². The van der Waals surface area contributed by atoms with Crippen molar-refractivity contribution in [2.75, 3.05) is 6.61 Å². The average Bonchev–Trinajstić information content (AvgIpc) is 2.74. The van der Waals surface area contributed by atoms with Crippen LogP contribution in [0.4, 0.5) is 0 Å². The smallest absolute Gasteiger partial charge is 0.304 e. The summed E-state index contributed by atoms with van der Waals surface area (Å²) < 4.78 is 25.5. The van der Waals surface area contributed by atoms with Crippen LogP contribution in [0.1, 0.15) is 34.1 Å². The van der Waals surface area contributed by atoms with Gasteiger partial charge in [0.2, 0.25) is 6.29 Å². The molecule has 1 aliphatic heterocycles. The monoisotopic (exact) mass is 332 g/mol. The summed E-state index contributed by atoms with van der Waals surface area (Å²) in [5.74, 6) is -2.33. The Morgan fingerprint density at radius 2 is 1.57 bits per heavy atom. The molecule has 1 fully saturated rings. The maximum atomic E-state index is 11.2. The zero-order valence-electron chi connectivity index (χ0n) is 13.4. The molecule has 1 aliphatic rings. The maximum absolute atomic E-state index is 11.2. The Hall–Kier alpha value is -2.16. The van der Waals surface area contributed by atoms with E-state index in [0.29, 0.717) is 0 Å². The number of carbonyl (C=O) groups excluding carboxylic acids is 4. The molecule has 0 unspecified atom stereocenters. The van der Waals surface area contributed by atoms with Crippen LogP contribution in [0.3, 0.4) is 0 Å². The number of hydrogen-bond donors (Lipinski definition) is 0. The van der Waals surface area contributed by atoms with Gasteiger partial charge in [-0.15, -0.1) is 0 Å². The Kier molecular flexibility index (Phi) is 6.95. The van der Waals surface area contributed by atoms with Crippen molar-refractivity contribution in [1.82, 2.24) is 0 Å². The van der Waals surface area contributed by atoms with E-state index in [-0.39, 0.29) is 13.0 Å². The largest absolute Gasteiger partial charge is 0.462 e. The van der Waals surface area contributed by atoms with Crippen molar-refractivity contribution in [2.24, 2.45) is 0 Å². The first-order chi connectivity index (χ1) is 10.7. The fourth-order valence-electron chi connectivity index (χ4n) is 2.17. The zero-order chi connectivity index (χ0) is 17.6. The van der Waals surface area contributed by atoms with Gasteiger partial charge in [0.25, 0.3) is 0 Å². The Morgan fingerprint density at radius 3 is 2.04 bits per heavy atom. The number of hydrogen-bond acceptors (Lipinski definition) is 9. The SMILES string of the molecule is CC(=O)OC[C@@H](OC(C)=O)[C@H]1O[C@@H](OC(C)=O)C[C@H]1OC(C)=O. The van der Waals surface area contributed by atoms with Crippen molar-refractivity contribution in [2.45, 2.75) is 58.7 Å². The van der Waals surface area contributed by atoms with Crippen molar-refractivity contribution in [3.63, 3.8) is 0 Å². The first kappa shape index (κ1) is 18.9. The van der Waals surface area contributed by atoms with E-state index in [1.165, 1.54) is 27.7 Å². The minimum atomic E-state index is -0.999. The molecule has 0 saturated carbocycles. The Balaban J connectivity index is 2.87. The predicted octanol–water partition coefficient (Wildman–Crippen LogP) is 0.0910. The zero-order valence-corrected chi connectivity index (χ0v) is 13.4. The molecule has 9 heteroatoms. The summed E-state index contributed by atoms with van der Waals surface area (Å²) >= 11 is 0. The van der Waals surface area contributed by atoms with Gasteiger partial charge in [-0.2, -0.15) is 0 Å². The first-order valence-corrected chi connectivity index (χ1v) is 6.99. The number of rotatable bonds is 6. The van der Waals surface area contributed by atoms with Gasteiger partial charge in [0.1, 0.15) is 18.8 Å². The lowest BCUT2D eigenvalue weighted by Gasteiger charge is -2.26.